The molecule has 7 heteroatoms. The standard InChI is InChI=1S/C20H20BrN3O3/c1-13-18(20(26)24(23(13)3)15-9-5-4-6-10-15)22-19(25)14(2)27-17-12-8-7-11-16(17)21/h4-12,14H,1-3H3,(H,22,25). The molecule has 0 fully saturated rings. The van der Waals surface area contributed by atoms with E-state index in [-0.39, 0.29) is 11.2 Å². The molecule has 0 spiro atoms. The van der Waals surface area contributed by atoms with E-state index in [1.807, 2.05) is 48.5 Å². The van der Waals surface area contributed by atoms with Gasteiger partial charge in [0.1, 0.15) is 11.4 Å². The molecule has 1 atom stereocenters. The Morgan fingerprint density at radius 3 is 2.41 bits per heavy atom. The summed E-state index contributed by atoms with van der Waals surface area (Å²) in [6.45, 7) is 3.43. The van der Waals surface area contributed by atoms with Crippen LogP contribution in [-0.4, -0.2) is 21.4 Å². The summed E-state index contributed by atoms with van der Waals surface area (Å²) in [4.78, 5) is 25.4. The minimum Gasteiger partial charge on any atom is -0.480 e. The van der Waals surface area contributed by atoms with E-state index < -0.39 is 12.0 Å². The molecule has 0 aliphatic carbocycles. The lowest BCUT2D eigenvalue weighted by Crippen LogP contribution is -2.32. The fraction of sp³-hybridized carbons (Fsp3) is 0.200. The van der Waals surface area contributed by atoms with Crippen molar-refractivity contribution in [2.75, 3.05) is 5.32 Å². The number of rotatable bonds is 5. The second-order valence-corrected chi connectivity index (χ2v) is 6.97. The van der Waals surface area contributed by atoms with Gasteiger partial charge in [0.2, 0.25) is 0 Å². The van der Waals surface area contributed by atoms with Crippen LogP contribution >= 0.6 is 15.9 Å². The van der Waals surface area contributed by atoms with E-state index in [9.17, 15) is 9.59 Å². The van der Waals surface area contributed by atoms with Crippen LogP contribution in [0.2, 0.25) is 0 Å². The van der Waals surface area contributed by atoms with Gasteiger partial charge in [0.25, 0.3) is 11.5 Å². The minimum atomic E-state index is -0.770. The van der Waals surface area contributed by atoms with E-state index in [1.54, 1.807) is 31.6 Å². The lowest BCUT2D eigenvalue weighted by atomic mass is 10.3. The molecular weight excluding hydrogens is 410 g/mol. The number of anilines is 1. The largest absolute Gasteiger partial charge is 0.480 e. The number of amides is 1. The van der Waals surface area contributed by atoms with Crippen molar-refractivity contribution in [3.8, 4) is 11.4 Å². The van der Waals surface area contributed by atoms with Gasteiger partial charge in [-0.25, -0.2) is 4.68 Å². The Hall–Kier alpha value is -2.80. The van der Waals surface area contributed by atoms with Gasteiger partial charge >= 0.3 is 0 Å². The van der Waals surface area contributed by atoms with Gasteiger partial charge in [-0.15, -0.1) is 0 Å². The molecule has 0 saturated heterocycles. The molecule has 0 aliphatic rings. The lowest BCUT2D eigenvalue weighted by molar-refractivity contribution is -0.122. The molecule has 1 heterocycles. The Morgan fingerprint density at radius 1 is 1.11 bits per heavy atom. The topological polar surface area (TPSA) is 65.3 Å². The number of aromatic nitrogens is 2. The van der Waals surface area contributed by atoms with Crippen LogP contribution in [0.5, 0.6) is 5.75 Å². The first-order chi connectivity index (χ1) is 12.9. The maximum absolute atomic E-state index is 12.9. The first kappa shape index (κ1) is 19.0. The summed E-state index contributed by atoms with van der Waals surface area (Å²) in [6, 6.07) is 16.6. The van der Waals surface area contributed by atoms with Crippen molar-refractivity contribution in [2.24, 2.45) is 7.05 Å². The van der Waals surface area contributed by atoms with Crippen molar-refractivity contribution < 1.29 is 9.53 Å². The number of hydrogen-bond donors (Lipinski definition) is 1. The van der Waals surface area contributed by atoms with Crippen molar-refractivity contribution in [3.05, 3.63) is 75.1 Å². The number of para-hydroxylation sites is 2. The summed E-state index contributed by atoms with van der Waals surface area (Å²) >= 11 is 3.39. The van der Waals surface area contributed by atoms with Gasteiger partial charge in [-0.2, -0.15) is 0 Å². The molecule has 0 bridgehead atoms. The normalized spacial score (nSPS) is 11.9. The van der Waals surface area contributed by atoms with E-state index in [2.05, 4.69) is 21.2 Å². The Labute approximate surface area is 165 Å². The van der Waals surface area contributed by atoms with E-state index in [4.69, 9.17) is 4.74 Å². The summed E-state index contributed by atoms with van der Waals surface area (Å²) in [5.41, 5.74) is 1.34. The number of halogens is 1. The molecule has 140 valence electrons. The molecule has 2 aromatic carbocycles. The molecule has 6 nitrogen and oxygen atoms in total. The predicted octanol–water partition coefficient (Wildman–Crippen LogP) is 3.65. The average Bonchev–Trinajstić information content (AvgIpc) is 2.87. The summed E-state index contributed by atoms with van der Waals surface area (Å²) in [6.07, 6.45) is -0.770. The number of carbonyl (C=O) groups excluding carboxylic acids is 1. The maximum Gasteiger partial charge on any atom is 0.295 e. The number of hydrogen-bond acceptors (Lipinski definition) is 3. The third kappa shape index (κ3) is 3.83. The first-order valence-corrected chi connectivity index (χ1v) is 9.25. The molecule has 1 aromatic heterocycles. The maximum atomic E-state index is 12.9. The van der Waals surface area contributed by atoms with Gasteiger partial charge in [-0.3, -0.25) is 14.3 Å². The van der Waals surface area contributed by atoms with Crippen LogP contribution < -0.4 is 15.6 Å². The zero-order valence-corrected chi connectivity index (χ0v) is 16.9. The van der Waals surface area contributed by atoms with Gasteiger partial charge in [-0.1, -0.05) is 30.3 Å². The van der Waals surface area contributed by atoms with Gasteiger partial charge in [0, 0.05) is 7.05 Å². The summed E-state index contributed by atoms with van der Waals surface area (Å²) in [5.74, 6) is 0.170. The second kappa shape index (κ2) is 7.84. The van der Waals surface area contributed by atoms with Gasteiger partial charge < -0.3 is 10.1 Å². The highest BCUT2D eigenvalue weighted by Crippen LogP contribution is 2.25. The Balaban J connectivity index is 1.84. The molecule has 1 unspecified atom stereocenters. The zero-order chi connectivity index (χ0) is 19.6. The molecule has 1 amide bonds. The smallest absolute Gasteiger partial charge is 0.295 e. The third-order valence-electron chi connectivity index (χ3n) is 4.31. The Kier molecular flexibility index (Phi) is 5.51. The van der Waals surface area contributed by atoms with Gasteiger partial charge in [-0.05, 0) is 54.0 Å². The van der Waals surface area contributed by atoms with Crippen molar-refractivity contribution in [3.63, 3.8) is 0 Å². The lowest BCUT2D eigenvalue weighted by Gasteiger charge is -2.15. The van der Waals surface area contributed by atoms with Crippen LogP contribution in [0.4, 0.5) is 5.69 Å². The van der Waals surface area contributed by atoms with Crippen LogP contribution in [0.1, 0.15) is 12.6 Å². The second-order valence-electron chi connectivity index (χ2n) is 6.12. The average molecular weight is 430 g/mol. The van der Waals surface area contributed by atoms with Crippen molar-refractivity contribution in [1.29, 1.82) is 0 Å². The third-order valence-corrected chi connectivity index (χ3v) is 4.97. The van der Waals surface area contributed by atoms with Crippen molar-refractivity contribution >= 4 is 27.5 Å². The Morgan fingerprint density at radius 2 is 1.74 bits per heavy atom. The van der Waals surface area contributed by atoms with Gasteiger partial charge in [0.15, 0.2) is 6.10 Å². The van der Waals surface area contributed by atoms with E-state index in [0.717, 1.165) is 10.2 Å². The van der Waals surface area contributed by atoms with Crippen LogP contribution in [0.25, 0.3) is 5.69 Å². The number of nitrogens with one attached hydrogen (secondary N) is 1. The highest BCUT2D eigenvalue weighted by molar-refractivity contribution is 9.10. The zero-order valence-electron chi connectivity index (χ0n) is 15.3. The fourth-order valence-electron chi connectivity index (χ4n) is 2.72. The molecular formula is C20H20BrN3O3. The van der Waals surface area contributed by atoms with Crippen LogP contribution in [-0.2, 0) is 11.8 Å². The van der Waals surface area contributed by atoms with E-state index in [0.29, 0.717) is 11.4 Å². The minimum absolute atomic E-state index is 0.244. The number of benzene rings is 2. The number of nitrogens with zero attached hydrogens (tertiary/aromatic N) is 2. The predicted molar refractivity (Wildman–Crippen MR) is 109 cm³/mol. The quantitative estimate of drug-likeness (QED) is 0.672. The summed E-state index contributed by atoms with van der Waals surface area (Å²) < 4.78 is 9.70. The van der Waals surface area contributed by atoms with Crippen LogP contribution in [0.15, 0.2) is 63.9 Å². The highest BCUT2D eigenvalue weighted by atomic mass is 79.9. The number of carbonyl (C=O) groups is 1. The molecule has 0 saturated carbocycles. The SMILES string of the molecule is Cc1c(NC(=O)C(C)Oc2ccccc2Br)c(=O)n(-c2ccccc2)n1C. The molecule has 0 radical (unpaired) electrons. The first-order valence-electron chi connectivity index (χ1n) is 8.46. The van der Waals surface area contributed by atoms with Crippen molar-refractivity contribution in [2.45, 2.75) is 20.0 Å². The molecule has 0 aliphatic heterocycles. The van der Waals surface area contributed by atoms with Crippen molar-refractivity contribution in [1.82, 2.24) is 9.36 Å². The molecule has 3 rings (SSSR count). The summed E-state index contributed by atoms with van der Waals surface area (Å²) in [5, 5.41) is 2.72. The van der Waals surface area contributed by atoms with Gasteiger partial charge in [0.05, 0.1) is 15.9 Å². The number of ether oxygens (including phenoxy) is 1. The Bertz CT molecular complexity index is 1020. The molecule has 27 heavy (non-hydrogen) atoms. The van der Waals surface area contributed by atoms with E-state index >= 15 is 0 Å². The molecule has 3 aromatic rings. The highest BCUT2D eigenvalue weighted by Gasteiger charge is 2.22. The monoisotopic (exact) mass is 429 g/mol. The fourth-order valence-corrected chi connectivity index (χ4v) is 3.10. The van der Waals surface area contributed by atoms with Crippen LogP contribution in [0, 0.1) is 6.92 Å². The van der Waals surface area contributed by atoms with E-state index in [1.165, 1.54) is 4.68 Å². The summed E-state index contributed by atoms with van der Waals surface area (Å²) in [7, 11) is 1.78. The van der Waals surface area contributed by atoms with Crippen LogP contribution in [0.3, 0.4) is 0 Å². The molecule has 1 N–H and O–H groups in total.